The molecule has 1 fully saturated rings. The fraction of sp³-hybridized carbons (Fsp3) is 0.474. The number of likely N-dealkylation sites (tertiary alicyclic amines) is 1. The average molecular weight is 391 g/mol. The smallest absolute Gasteiger partial charge is 0.260 e. The molecule has 2 heterocycles. The molecule has 1 aromatic heterocycles. The molecule has 3 N–H and O–H groups in total. The third-order valence-corrected chi connectivity index (χ3v) is 5.35. The number of nitrogens with zero attached hydrogens (tertiary/aromatic N) is 1. The van der Waals surface area contributed by atoms with Gasteiger partial charge in [0.05, 0.1) is 25.8 Å². The molecular formula is C19H25N3O4S. The van der Waals surface area contributed by atoms with Crippen molar-refractivity contribution in [2.45, 2.75) is 25.8 Å². The van der Waals surface area contributed by atoms with Gasteiger partial charge in [-0.25, -0.2) is 0 Å². The molecule has 146 valence electrons. The number of H-pyrrole nitrogens is 2. The van der Waals surface area contributed by atoms with Crippen molar-refractivity contribution in [1.29, 1.82) is 0 Å². The zero-order valence-corrected chi connectivity index (χ0v) is 16.6. The SMILES string of the molecule is COc1ccc(OC)c(C(c2c(O)[nH]c(=S)[nH]c2=O)N2CCC(C)CC2)c1. The number of aromatic nitrogens is 2. The number of methoxy groups -OCH3 is 2. The summed E-state index contributed by atoms with van der Waals surface area (Å²) < 4.78 is 11.0. The predicted molar refractivity (Wildman–Crippen MR) is 105 cm³/mol. The third-order valence-electron chi connectivity index (χ3n) is 5.15. The highest BCUT2D eigenvalue weighted by molar-refractivity contribution is 7.71. The summed E-state index contributed by atoms with van der Waals surface area (Å²) in [6.07, 6.45) is 2.04. The van der Waals surface area contributed by atoms with Gasteiger partial charge >= 0.3 is 0 Å². The molecule has 3 rings (SSSR count). The highest BCUT2D eigenvalue weighted by atomic mass is 32.1. The number of rotatable bonds is 5. The molecule has 0 aliphatic carbocycles. The molecule has 0 radical (unpaired) electrons. The maximum absolute atomic E-state index is 12.7. The maximum atomic E-state index is 12.7. The Balaban J connectivity index is 2.20. The van der Waals surface area contributed by atoms with E-state index in [9.17, 15) is 9.90 Å². The molecule has 1 atom stereocenters. The van der Waals surface area contributed by atoms with Gasteiger partial charge < -0.3 is 19.6 Å². The predicted octanol–water partition coefficient (Wildman–Crippen LogP) is 2.98. The first-order chi connectivity index (χ1) is 12.9. The fourth-order valence-electron chi connectivity index (χ4n) is 3.61. The van der Waals surface area contributed by atoms with E-state index in [0.29, 0.717) is 17.4 Å². The van der Waals surface area contributed by atoms with Gasteiger partial charge in [-0.3, -0.25) is 14.7 Å². The van der Waals surface area contributed by atoms with Gasteiger partial charge in [0.2, 0.25) is 5.88 Å². The monoisotopic (exact) mass is 391 g/mol. The second-order valence-corrected chi connectivity index (χ2v) is 7.31. The van der Waals surface area contributed by atoms with Crippen molar-refractivity contribution in [3.63, 3.8) is 0 Å². The Morgan fingerprint density at radius 1 is 1.22 bits per heavy atom. The van der Waals surface area contributed by atoms with Crippen LogP contribution in [0.15, 0.2) is 23.0 Å². The van der Waals surface area contributed by atoms with Crippen molar-refractivity contribution in [3.05, 3.63) is 44.5 Å². The van der Waals surface area contributed by atoms with Crippen molar-refractivity contribution in [2.75, 3.05) is 27.3 Å². The van der Waals surface area contributed by atoms with Crippen molar-refractivity contribution in [1.82, 2.24) is 14.9 Å². The molecule has 0 spiro atoms. The molecule has 1 aliphatic heterocycles. The van der Waals surface area contributed by atoms with E-state index in [1.807, 2.05) is 12.1 Å². The van der Waals surface area contributed by atoms with E-state index in [4.69, 9.17) is 21.7 Å². The Morgan fingerprint density at radius 2 is 1.93 bits per heavy atom. The third kappa shape index (κ3) is 4.01. The molecular weight excluding hydrogens is 366 g/mol. The van der Waals surface area contributed by atoms with Crippen LogP contribution < -0.4 is 15.0 Å². The lowest BCUT2D eigenvalue weighted by atomic mass is 9.92. The Morgan fingerprint density at radius 3 is 2.52 bits per heavy atom. The first-order valence-electron chi connectivity index (χ1n) is 8.96. The molecule has 0 saturated carbocycles. The first kappa shape index (κ1) is 19.4. The largest absolute Gasteiger partial charge is 0.497 e. The van der Waals surface area contributed by atoms with Crippen LogP contribution in [0.1, 0.15) is 36.9 Å². The summed E-state index contributed by atoms with van der Waals surface area (Å²) in [7, 11) is 3.18. The van der Waals surface area contributed by atoms with Crippen LogP contribution in [0.3, 0.4) is 0 Å². The van der Waals surface area contributed by atoms with Crippen LogP contribution in [-0.4, -0.2) is 47.3 Å². The molecule has 0 bridgehead atoms. The van der Waals surface area contributed by atoms with Gasteiger partial charge in [0, 0.05) is 5.56 Å². The topological polar surface area (TPSA) is 90.6 Å². The highest BCUT2D eigenvalue weighted by Crippen LogP contribution is 2.39. The average Bonchev–Trinajstić information content (AvgIpc) is 2.65. The number of hydrogen-bond acceptors (Lipinski definition) is 6. The van der Waals surface area contributed by atoms with Crippen LogP contribution in [0.5, 0.6) is 17.4 Å². The van der Waals surface area contributed by atoms with Crippen molar-refractivity contribution < 1.29 is 14.6 Å². The summed E-state index contributed by atoms with van der Waals surface area (Å²) >= 11 is 4.98. The zero-order valence-electron chi connectivity index (χ0n) is 15.7. The van der Waals surface area contributed by atoms with Crippen LogP contribution in [0.25, 0.3) is 0 Å². The van der Waals surface area contributed by atoms with Gasteiger partial charge in [-0.05, 0) is 62.3 Å². The Labute approximate surface area is 163 Å². The quantitative estimate of drug-likeness (QED) is 0.679. The lowest BCUT2D eigenvalue weighted by molar-refractivity contribution is 0.152. The minimum atomic E-state index is -0.488. The minimum Gasteiger partial charge on any atom is -0.497 e. The Kier molecular flexibility index (Phi) is 5.86. The Bertz CT molecular complexity index is 916. The number of hydrogen-bond donors (Lipinski definition) is 3. The molecule has 2 aromatic rings. The van der Waals surface area contributed by atoms with Gasteiger partial charge in [-0.1, -0.05) is 6.92 Å². The second-order valence-electron chi connectivity index (χ2n) is 6.90. The van der Waals surface area contributed by atoms with Gasteiger partial charge in [-0.15, -0.1) is 0 Å². The van der Waals surface area contributed by atoms with Crippen LogP contribution in [-0.2, 0) is 0 Å². The Hall–Kier alpha value is -2.32. The van der Waals surface area contributed by atoms with Crippen molar-refractivity contribution in [2.24, 2.45) is 5.92 Å². The molecule has 1 saturated heterocycles. The summed E-state index contributed by atoms with van der Waals surface area (Å²) in [6, 6.07) is 4.98. The summed E-state index contributed by atoms with van der Waals surface area (Å²) in [6.45, 7) is 3.84. The van der Waals surface area contributed by atoms with E-state index < -0.39 is 11.6 Å². The van der Waals surface area contributed by atoms with E-state index in [0.717, 1.165) is 31.5 Å². The van der Waals surface area contributed by atoms with Gasteiger partial charge in [0.1, 0.15) is 11.5 Å². The summed E-state index contributed by atoms with van der Waals surface area (Å²) in [5.74, 6) is 1.68. The molecule has 1 aromatic carbocycles. The zero-order chi connectivity index (χ0) is 19.6. The van der Waals surface area contributed by atoms with E-state index in [1.165, 1.54) is 0 Å². The van der Waals surface area contributed by atoms with E-state index in [2.05, 4.69) is 21.8 Å². The van der Waals surface area contributed by atoms with Crippen LogP contribution in [0.2, 0.25) is 0 Å². The van der Waals surface area contributed by atoms with Gasteiger partial charge in [0.25, 0.3) is 5.56 Å². The van der Waals surface area contributed by atoms with E-state index >= 15 is 0 Å². The second kappa shape index (κ2) is 8.14. The number of nitrogens with one attached hydrogen (secondary N) is 2. The molecule has 1 unspecified atom stereocenters. The molecule has 8 heteroatoms. The molecule has 7 nitrogen and oxygen atoms in total. The van der Waals surface area contributed by atoms with Gasteiger partial charge in [-0.2, -0.15) is 0 Å². The van der Waals surface area contributed by atoms with Gasteiger partial charge in [0.15, 0.2) is 4.77 Å². The lowest BCUT2D eigenvalue weighted by Gasteiger charge is -2.37. The minimum absolute atomic E-state index is 0.0878. The lowest BCUT2D eigenvalue weighted by Crippen LogP contribution is -2.39. The number of aromatic hydroxyl groups is 1. The van der Waals surface area contributed by atoms with Crippen molar-refractivity contribution >= 4 is 12.2 Å². The number of benzene rings is 1. The number of aromatic amines is 2. The highest BCUT2D eigenvalue weighted by Gasteiger charge is 2.32. The fourth-order valence-corrected chi connectivity index (χ4v) is 3.80. The maximum Gasteiger partial charge on any atom is 0.260 e. The first-order valence-corrected chi connectivity index (χ1v) is 9.36. The van der Waals surface area contributed by atoms with Crippen LogP contribution in [0.4, 0.5) is 0 Å². The van der Waals surface area contributed by atoms with E-state index in [1.54, 1.807) is 20.3 Å². The van der Waals surface area contributed by atoms with Crippen LogP contribution in [0, 0.1) is 10.7 Å². The summed E-state index contributed by atoms with van der Waals surface area (Å²) in [5, 5.41) is 10.5. The molecule has 27 heavy (non-hydrogen) atoms. The molecule has 1 aliphatic rings. The number of piperidine rings is 1. The van der Waals surface area contributed by atoms with E-state index in [-0.39, 0.29) is 16.2 Å². The van der Waals surface area contributed by atoms with Crippen LogP contribution >= 0.6 is 12.2 Å². The van der Waals surface area contributed by atoms with Crippen molar-refractivity contribution in [3.8, 4) is 17.4 Å². The summed E-state index contributed by atoms with van der Waals surface area (Å²) in [5.41, 5.74) is 0.576. The standard InChI is InChI=1S/C19H25N3O4S/c1-11-6-8-22(9-7-11)16(15-17(23)20-19(27)21-18(15)24)13-10-12(25-2)4-5-14(13)26-3/h4-5,10-11,16H,6-9H2,1-3H3,(H3,20,21,23,24,27). The summed E-state index contributed by atoms with van der Waals surface area (Å²) in [4.78, 5) is 20.2. The molecule has 0 amide bonds. The normalized spacial score (nSPS) is 16.9. The number of ether oxygens (including phenoxy) is 2.